The maximum absolute atomic E-state index is 5.66. The van der Waals surface area contributed by atoms with Gasteiger partial charge in [0, 0.05) is 19.5 Å². The highest BCUT2D eigenvalue weighted by Crippen LogP contribution is 2.35. The van der Waals surface area contributed by atoms with Gasteiger partial charge in [-0.15, -0.1) is 0 Å². The number of anilines is 1. The predicted octanol–water partition coefficient (Wildman–Crippen LogP) is 3.61. The Labute approximate surface area is 118 Å². The smallest absolute Gasteiger partial charge is 0.186 e. The van der Waals surface area contributed by atoms with E-state index in [2.05, 4.69) is 30.0 Å². The normalized spacial score (nSPS) is 24.7. The Balaban J connectivity index is 0.000000528. The van der Waals surface area contributed by atoms with E-state index in [1.165, 1.54) is 16.7 Å². The number of fused-ring (bicyclic) bond motifs is 3. The highest BCUT2D eigenvalue weighted by atomic mass is 32.1. The van der Waals surface area contributed by atoms with Gasteiger partial charge in [-0.2, -0.15) is 0 Å². The zero-order valence-corrected chi connectivity index (χ0v) is 12.5. The SMILES string of the molecule is CC.Cc1cccc2sc(N3CC4CC(C3)O4)nc12. The van der Waals surface area contributed by atoms with Gasteiger partial charge in [0.05, 0.1) is 22.4 Å². The van der Waals surface area contributed by atoms with Crippen LogP contribution < -0.4 is 4.90 Å². The fourth-order valence-corrected chi connectivity index (χ4v) is 3.78. The van der Waals surface area contributed by atoms with E-state index >= 15 is 0 Å². The van der Waals surface area contributed by atoms with Crippen LogP contribution in [0, 0.1) is 6.92 Å². The first-order valence-corrected chi connectivity index (χ1v) is 7.88. The Morgan fingerprint density at radius 3 is 2.58 bits per heavy atom. The number of aryl methyl sites for hydroxylation is 1. The predicted molar refractivity (Wildman–Crippen MR) is 81.2 cm³/mol. The summed E-state index contributed by atoms with van der Waals surface area (Å²) in [4.78, 5) is 7.16. The lowest BCUT2D eigenvalue weighted by Crippen LogP contribution is -2.57. The van der Waals surface area contributed by atoms with Gasteiger partial charge in [0.1, 0.15) is 0 Å². The summed E-state index contributed by atoms with van der Waals surface area (Å²) in [7, 11) is 0. The van der Waals surface area contributed by atoms with Crippen molar-refractivity contribution in [3.05, 3.63) is 23.8 Å². The summed E-state index contributed by atoms with van der Waals surface area (Å²) in [6.45, 7) is 8.15. The van der Waals surface area contributed by atoms with E-state index in [9.17, 15) is 0 Å². The van der Waals surface area contributed by atoms with E-state index in [0.29, 0.717) is 12.2 Å². The van der Waals surface area contributed by atoms with Crippen LogP contribution in [0.2, 0.25) is 0 Å². The lowest BCUT2D eigenvalue weighted by Gasteiger charge is -2.46. The quantitative estimate of drug-likeness (QED) is 0.795. The fourth-order valence-electron chi connectivity index (χ4n) is 2.72. The zero-order chi connectivity index (χ0) is 13.4. The standard InChI is InChI=1S/C13H14N2OS.C2H6/c1-8-3-2-4-11-12(8)14-13(17-11)15-6-9-5-10(7-15)16-9;1-2/h2-4,9-10H,5-7H2,1H3;1-2H3. The molecule has 2 bridgehead atoms. The van der Waals surface area contributed by atoms with Crippen molar-refractivity contribution < 1.29 is 4.74 Å². The minimum atomic E-state index is 0.446. The molecule has 102 valence electrons. The molecule has 5 rings (SSSR count). The van der Waals surface area contributed by atoms with Crippen LogP contribution in [0.25, 0.3) is 10.2 Å². The molecule has 1 aromatic carbocycles. The second-order valence-corrected chi connectivity index (χ2v) is 5.95. The Morgan fingerprint density at radius 2 is 1.95 bits per heavy atom. The summed E-state index contributed by atoms with van der Waals surface area (Å²) in [6.07, 6.45) is 2.13. The topological polar surface area (TPSA) is 25.4 Å². The van der Waals surface area contributed by atoms with Crippen molar-refractivity contribution in [2.75, 3.05) is 18.0 Å². The van der Waals surface area contributed by atoms with Crippen molar-refractivity contribution in [2.45, 2.75) is 39.4 Å². The molecule has 3 aliphatic heterocycles. The number of aromatic nitrogens is 1. The van der Waals surface area contributed by atoms with Gasteiger partial charge >= 0.3 is 0 Å². The molecule has 0 N–H and O–H groups in total. The van der Waals surface area contributed by atoms with Gasteiger partial charge in [-0.05, 0) is 18.6 Å². The summed E-state index contributed by atoms with van der Waals surface area (Å²) >= 11 is 1.80. The minimum Gasteiger partial charge on any atom is -0.371 e. The van der Waals surface area contributed by atoms with E-state index in [0.717, 1.165) is 23.7 Å². The van der Waals surface area contributed by atoms with Gasteiger partial charge in [-0.1, -0.05) is 37.3 Å². The Morgan fingerprint density at radius 1 is 1.26 bits per heavy atom. The van der Waals surface area contributed by atoms with Crippen LogP contribution in [0.5, 0.6) is 0 Å². The number of morpholine rings is 1. The van der Waals surface area contributed by atoms with E-state index in [1.807, 2.05) is 13.8 Å². The first-order valence-electron chi connectivity index (χ1n) is 7.06. The molecule has 1 aromatic heterocycles. The molecule has 0 aliphatic carbocycles. The van der Waals surface area contributed by atoms with Gasteiger partial charge in [-0.3, -0.25) is 0 Å². The van der Waals surface area contributed by atoms with Gasteiger partial charge in [0.15, 0.2) is 5.13 Å². The van der Waals surface area contributed by atoms with Crippen molar-refractivity contribution in [1.82, 2.24) is 4.98 Å². The number of rotatable bonds is 1. The summed E-state index contributed by atoms with van der Waals surface area (Å²) < 4.78 is 6.95. The van der Waals surface area contributed by atoms with Crippen LogP contribution in [0.1, 0.15) is 25.8 Å². The van der Waals surface area contributed by atoms with Gasteiger partial charge in [-0.25, -0.2) is 4.98 Å². The van der Waals surface area contributed by atoms with Crippen molar-refractivity contribution in [1.29, 1.82) is 0 Å². The van der Waals surface area contributed by atoms with Crippen LogP contribution in [0.3, 0.4) is 0 Å². The number of hydrogen-bond acceptors (Lipinski definition) is 4. The number of para-hydroxylation sites is 1. The molecule has 4 heteroatoms. The largest absolute Gasteiger partial charge is 0.371 e. The van der Waals surface area contributed by atoms with Gasteiger partial charge in [0.25, 0.3) is 0 Å². The highest BCUT2D eigenvalue weighted by Gasteiger charge is 2.39. The van der Waals surface area contributed by atoms with Gasteiger partial charge < -0.3 is 9.64 Å². The molecular weight excluding hydrogens is 256 g/mol. The van der Waals surface area contributed by atoms with Crippen LogP contribution in [-0.4, -0.2) is 30.3 Å². The number of ether oxygens (including phenoxy) is 1. The number of benzene rings is 1. The molecule has 2 unspecified atom stereocenters. The van der Waals surface area contributed by atoms with Crippen LogP contribution in [-0.2, 0) is 4.74 Å². The second kappa shape index (κ2) is 5.10. The maximum atomic E-state index is 5.66. The summed E-state index contributed by atoms with van der Waals surface area (Å²) in [5.41, 5.74) is 2.43. The summed E-state index contributed by atoms with van der Waals surface area (Å²) in [6, 6.07) is 6.39. The lowest BCUT2D eigenvalue weighted by atomic mass is 9.99. The zero-order valence-electron chi connectivity index (χ0n) is 11.7. The van der Waals surface area contributed by atoms with Crippen LogP contribution in [0.4, 0.5) is 5.13 Å². The molecule has 4 heterocycles. The number of nitrogens with zero attached hydrogens (tertiary/aromatic N) is 2. The average molecular weight is 276 g/mol. The molecule has 0 spiro atoms. The number of hydrogen-bond donors (Lipinski definition) is 0. The van der Waals surface area contributed by atoms with E-state index in [4.69, 9.17) is 9.72 Å². The summed E-state index contributed by atoms with van der Waals surface area (Å²) in [5.74, 6) is 0. The van der Waals surface area contributed by atoms with Crippen molar-refractivity contribution >= 4 is 26.7 Å². The van der Waals surface area contributed by atoms with Crippen LogP contribution in [0.15, 0.2) is 18.2 Å². The Bertz CT molecular complexity index is 565. The third-order valence-electron chi connectivity index (χ3n) is 3.64. The molecule has 0 radical (unpaired) electrons. The molecule has 0 amide bonds. The third kappa shape index (κ3) is 2.23. The van der Waals surface area contributed by atoms with E-state index < -0.39 is 0 Å². The number of piperidine rings is 1. The van der Waals surface area contributed by atoms with E-state index in [1.54, 1.807) is 11.3 Å². The fraction of sp³-hybridized carbons (Fsp3) is 0.533. The molecule has 3 saturated heterocycles. The average Bonchev–Trinajstić information content (AvgIpc) is 2.86. The molecule has 19 heavy (non-hydrogen) atoms. The Kier molecular flexibility index (Phi) is 3.46. The van der Waals surface area contributed by atoms with Crippen molar-refractivity contribution in [3.63, 3.8) is 0 Å². The molecule has 3 fully saturated rings. The molecule has 2 aromatic rings. The van der Waals surface area contributed by atoms with Crippen molar-refractivity contribution in [2.24, 2.45) is 0 Å². The Hall–Kier alpha value is -1.13. The maximum Gasteiger partial charge on any atom is 0.186 e. The van der Waals surface area contributed by atoms with Crippen LogP contribution >= 0.6 is 11.3 Å². The van der Waals surface area contributed by atoms with Gasteiger partial charge in [0.2, 0.25) is 0 Å². The number of thiazole rings is 1. The monoisotopic (exact) mass is 276 g/mol. The molecule has 2 atom stereocenters. The first kappa shape index (κ1) is 12.9. The molecule has 3 aliphatic rings. The molecule has 3 nitrogen and oxygen atoms in total. The summed E-state index contributed by atoms with van der Waals surface area (Å²) in [5, 5.41) is 1.16. The third-order valence-corrected chi connectivity index (χ3v) is 4.72. The van der Waals surface area contributed by atoms with Crippen molar-refractivity contribution in [3.8, 4) is 0 Å². The first-order chi connectivity index (χ1) is 9.29. The minimum absolute atomic E-state index is 0.446. The highest BCUT2D eigenvalue weighted by molar-refractivity contribution is 7.22. The lowest BCUT2D eigenvalue weighted by molar-refractivity contribution is -0.133. The molecular formula is C15H20N2OS. The second-order valence-electron chi connectivity index (χ2n) is 4.94. The van der Waals surface area contributed by atoms with E-state index in [-0.39, 0.29) is 0 Å². The molecule has 0 saturated carbocycles.